The van der Waals surface area contributed by atoms with Gasteiger partial charge in [-0.1, -0.05) is 11.8 Å². The molecule has 0 aliphatic heterocycles. The molecule has 3 rings (SSSR count). The van der Waals surface area contributed by atoms with Crippen LogP contribution in [0.25, 0.3) is 0 Å². The number of carbonyl (C=O) groups excluding carboxylic acids is 1. The number of ketones is 1. The minimum absolute atomic E-state index is 0.106. The molecule has 0 bridgehead atoms. The summed E-state index contributed by atoms with van der Waals surface area (Å²) in [6.07, 6.45) is 2.23. The van der Waals surface area contributed by atoms with Crippen LogP contribution in [-0.4, -0.2) is 50.0 Å². The number of hydrogen-bond acceptors (Lipinski definition) is 6. The van der Waals surface area contributed by atoms with E-state index in [0.29, 0.717) is 18.4 Å². The summed E-state index contributed by atoms with van der Waals surface area (Å²) in [4.78, 5) is 12.7. The molecule has 1 fully saturated rings. The van der Waals surface area contributed by atoms with Crippen LogP contribution in [0, 0.1) is 13.8 Å². The highest BCUT2D eigenvalue weighted by molar-refractivity contribution is 7.99. The number of thioether (sulfide) groups is 1. The van der Waals surface area contributed by atoms with Crippen molar-refractivity contribution in [3.05, 3.63) is 23.0 Å². The van der Waals surface area contributed by atoms with E-state index in [2.05, 4.69) is 27.0 Å². The first kappa shape index (κ1) is 17.2. The van der Waals surface area contributed by atoms with E-state index in [4.69, 9.17) is 4.74 Å². The molecule has 0 N–H and O–H groups in total. The molecule has 7 nitrogen and oxygen atoms in total. The number of methoxy groups -OCH3 is 1. The third kappa shape index (κ3) is 3.39. The van der Waals surface area contributed by atoms with Crippen molar-refractivity contribution in [2.24, 2.45) is 0 Å². The van der Waals surface area contributed by atoms with Crippen LogP contribution in [0.2, 0.25) is 0 Å². The van der Waals surface area contributed by atoms with Crippen molar-refractivity contribution in [1.29, 1.82) is 0 Å². The van der Waals surface area contributed by atoms with Gasteiger partial charge in [0.05, 0.1) is 24.4 Å². The lowest BCUT2D eigenvalue weighted by atomic mass is 10.2. The first-order valence-corrected chi connectivity index (χ1v) is 9.12. The summed E-state index contributed by atoms with van der Waals surface area (Å²) in [5.41, 5.74) is 2.84. The van der Waals surface area contributed by atoms with E-state index in [1.807, 2.05) is 24.6 Å². The molecular formula is C16H23N5O2S. The molecule has 1 saturated carbocycles. The van der Waals surface area contributed by atoms with Crippen LogP contribution in [0.15, 0.2) is 11.2 Å². The molecule has 2 aromatic heterocycles. The summed E-state index contributed by atoms with van der Waals surface area (Å²) >= 11 is 1.41. The van der Waals surface area contributed by atoms with Crippen LogP contribution in [0.5, 0.6) is 0 Å². The fourth-order valence-electron chi connectivity index (χ4n) is 3.09. The Hall–Kier alpha value is -1.67. The maximum atomic E-state index is 12.7. The van der Waals surface area contributed by atoms with Gasteiger partial charge in [-0.25, -0.2) is 4.68 Å². The maximum absolute atomic E-state index is 12.7. The second-order valence-electron chi connectivity index (χ2n) is 6.31. The van der Waals surface area contributed by atoms with E-state index in [-0.39, 0.29) is 11.8 Å². The van der Waals surface area contributed by atoms with Gasteiger partial charge in [0.15, 0.2) is 5.78 Å². The first-order valence-electron chi connectivity index (χ1n) is 8.14. The van der Waals surface area contributed by atoms with E-state index in [9.17, 15) is 4.79 Å². The molecular weight excluding hydrogens is 326 g/mol. The van der Waals surface area contributed by atoms with Gasteiger partial charge in [0.25, 0.3) is 0 Å². The highest BCUT2D eigenvalue weighted by Crippen LogP contribution is 2.36. The molecule has 24 heavy (non-hydrogen) atoms. The summed E-state index contributed by atoms with van der Waals surface area (Å²) < 4.78 is 9.24. The smallest absolute Gasteiger partial charge is 0.210 e. The fourth-order valence-corrected chi connectivity index (χ4v) is 3.92. The molecule has 0 radical (unpaired) electrons. The van der Waals surface area contributed by atoms with Crippen molar-refractivity contribution in [3.63, 3.8) is 0 Å². The molecule has 0 spiro atoms. The molecule has 8 heteroatoms. The van der Waals surface area contributed by atoms with Crippen LogP contribution in [0.1, 0.15) is 53.6 Å². The number of tetrazole rings is 1. The maximum Gasteiger partial charge on any atom is 0.210 e. The van der Waals surface area contributed by atoms with Crippen molar-refractivity contribution in [2.45, 2.75) is 50.9 Å². The number of rotatable bonds is 8. The average Bonchev–Trinajstić information content (AvgIpc) is 3.20. The van der Waals surface area contributed by atoms with Crippen molar-refractivity contribution in [1.82, 2.24) is 24.8 Å². The zero-order chi connectivity index (χ0) is 17.3. The van der Waals surface area contributed by atoms with Gasteiger partial charge in [0.1, 0.15) is 0 Å². The van der Waals surface area contributed by atoms with Gasteiger partial charge in [0.2, 0.25) is 5.16 Å². The molecule has 0 amide bonds. The number of ether oxygens (including phenoxy) is 1. The third-order valence-corrected chi connectivity index (χ3v) is 5.25. The van der Waals surface area contributed by atoms with E-state index in [0.717, 1.165) is 34.9 Å². The Balaban J connectivity index is 1.71. The summed E-state index contributed by atoms with van der Waals surface area (Å²) in [5, 5.41) is 12.5. The number of Topliss-reactive ketones (excluding diaryl/α,β-unsaturated/α-hetero) is 1. The van der Waals surface area contributed by atoms with E-state index < -0.39 is 0 Å². The van der Waals surface area contributed by atoms with E-state index in [1.54, 1.807) is 7.11 Å². The van der Waals surface area contributed by atoms with Gasteiger partial charge in [0, 0.05) is 24.1 Å². The topological polar surface area (TPSA) is 74.8 Å². The first-order chi connectivity index (χ1) is 11.5. The standard InChI is InChI=1S/C16H23N5O2S/c1-10-7-14(12(3)20(10)11(2)8-23-4)15(22)9-24-16-17-18-19-21(16)13-5-6-13/h7,11,13H,5-6,8-9H2,1-4H3. The minimum Gasteiger partial charge on any atom is -0.383 e. The van der Waals surface area contributed by atoms with Crippen LogP contribution in [0.3, 0.4) is 0 Å². The van der Waals surface area contributed by atoms with Crippen LogP contribution in [0.4, 0.5) is 0 Å². The molecule has 1 aliphatic carbocycles. The lowest BCUT2D eigenvalue weighted by Crippen LogP contribution is -2.14. The lowest BCUT2D eigenvalue weighted by Gasteiger charge is -2.17. The summed E-state index contributed by atoms with van der Waals surface area (Å²) in [6.45, 7) is 6.73. The van der Waals surface area contributed by atoms with Crippen molar-refractivity contribution >= 4 is 17.5 Å². The van der Waals surface area contributed by atoms with Gasteiger partial charge in [-0.15, -0.1) is 5.10 Å². The zero-order valence-electron chi connectivity index (χ0n) is 14.5. The Morgan fingerprint density at radius 1 is 1.46 bits per heavy atom. The molecule has 1 unspecified atom stereocenters. The molecule has 2 aromatic rings. The number of carbonyl (C=O) groups is 1. The molecule has 0 saturated heterocycles. The Morgan fingerprint density at radius 3 is 2.88 bits per heavy atom. The fraction of sp³-hybridized carbons (Fsp3) is 0.625. The summed E-state index contributed by atoms with van der Waals surface area (Å²) in [7, 11) is 1.69. The SMILES string of the molecule is COCC(C)n1c(C)cc(C(=O)CSc2nnnn2C2CC2)c1C. The van der Waals surface area contributed by atoms with Crippen molar-refractivity contribution < 1.29 is 9.53 Å². The third-order valence-electron chi connectivity index (χ3n) is 4.32. The molecule has 1 aliphatic rings. The number of nitrogens with zero attached hydrogens (tertiary/aromatic N) is 5. The Labute approximate surface area is 145 Å². The van der Waals surface area contributed by atoms with Gasteiger partial charge in [-0.3, -0.25) is 4.79 Å². The predicted octanol–water partition coefficient (Wildman–Crippen LogP) is 2.61. The van der Waals surface area contributed by atoms with Crippen LogP contribution in [-0.2, 0) is 4.74 Å². The lowest BCUT2D eigenvalue weighted by molar-refractivity contribution is 0.102. The average molecular weight is 349 g/mol. The Bertz CT molecular complexity index is 735. The predicted molar refractivity (Wildman–Crippen MR) is 91.6 cm³/mol. The van der Waals surface area contributed by atoms with E-state index >= 15 is 0 Å². The normalized spacial score (nSPS) is 15.7. The number of aromatic nitrogens is 5. The largest absolute Gasteiger partial charge is 0.383 e. The van der Waals surface area contributed by atoms with Gasteiger partial charge in [-0.2, -0.15) is 0 Å². The van der Waals surface area contributed by atoms with Crippen LogP contribution >= 0.6 is 11.8 Å². The van der Waals surface area contributed by atoms with Crippen molar-refractivity contribution in [2.75, 3.05) is 19.5 Å². The Kier molecular flexibility index (Phi) is 5.05. The number of aryl methyl sites for hydroxylation is 1. The molecule has 130 valence electrons. The molecule has 2 heterocycles. The highest BCUT2D eigenvalue weighted by Gasteiger charge is 2.28. The number of hydrogen-bond donors (Lipinski definition) is 0. The highest BCUT2D eigenvalue weighted by atomic mass is 32.2. The quantitative estimate of drug-likeness (QED) is 0.539. The monoisotopic (exact) mass is 349 g/mol. The second-order valence-corrected chi connectivity index (χ2v) is 7.25. The molecule has 1 atom stereocenters. The van der Waals surface area contributed by atoms with Crippen molar-refractivity contribution in [3.8, 4) is 0 Å². The summed E-state index contributed by atoms with van der Waals surface area (Å²) in [6, 6.07) is 2.58. The van der Waals surface area contributed by atoms with Gasteiger partial charge >= 0.3 is 0 Å². The van der Waals surface area contributed by atoms with E-state index in [1.165, 1.54) is 11.8 Å². The summed E-state index contributed by atoms with van der Waals surface area (Å²) in [5.74, 6) is 0.449. The minimum atomic E-state index is 0.106. The molecule has 0 aromatic carbocycles. The zero-order valence-corrected chi connectivity index (χ0v) is 15.3. The van der Waals surface area contributed by atoms with Gasteiger partial charge < -0.3 is 9.30 Å². The van der Waals surface area contributed by atoms with Crippen LogP contribution < -0.4 is 0 Å². The Morgan fingerprint density at radius 2 is 2.21 bits per heavy atom. The van der Waals surface area contributed by atoms with Gasteiger partial charge in [-0.05, 0) is 50.1 Å². The second kappa shape index (κ2) is 7.06.